The summed E-state index contributed by atoms with van der Waals surface area (Å²) >= 11 is 0. The van der Waals surface area contributed by atoms with Crippen molar-refractivity contribution in [3.63, 3.8) is 0 Å². The van der Waals surface area contributed by atoms with Crippen LogP contribution >= 0.6 is 0 Å². The van der Waals surface area contributed by atoms with Crippen molar-refractivity contribution >= 4 is 11.9 Å². The number of methoxy groups -OCH3 is 1. The lowest BCUT2D eigenvalue weighted by Gasteiger charge is -2.19. The molecule has 0 fully saturated rings. The number of hydrogen-bond donors (Lipinski definition) is 1. The summed E-state index contributed by atoms with van der Waals surface area (Å²) in [6.07, 6.45) is 0.213. The van der Waals surface area contributed by atoms with E-state index in [1.807, 2.05) is 0 Å². The summed E-state index contributed by atoms with van der Waals surface area (Å²) in [5.41, 5.74) is 0. The first kappa shape index (κ1) is 11.9. The van der Waals surface area contributed by atoms with Crippen molar-refractivity contribution in [1.29, 1.82) is 0 Å². The number of carbonyl (C=O) groups is 2. The molecule has 0 unspecified atom stereocenters. The third-order valence-corrected chi connectivity index (χ3v) is 1.91. The molecule has 0 saturated heterocycles. The molecule has 0 heterocycles. The van der Waals surface area contributed by atoms with Gasteiger partial charge in [-0.05, 0) is 14.0 Å². The Morgan fingerprint density at radius 2 is 2.08 bits per heavy atom. The lowest BCUT2D eigenvalue weighted by molar-refractivity contribution is -0.145. The first-order valence-corrected chi connectivity index (χ1v) is 3.99. The second-order valence-corrected chi connectivity index (χ2v) is 2.82. The predicted molar refractivity (Wildman–Crippen MR) is 46.4 cm³/mol. The second kappa shape index (κ2) is 5.53. The molecule has 0 aliphatic rings. The van der Waals surface area contributed by atoms with Crippen molar-refractivity contribution in [2.24, 2.45) is 0 Å². The van der Waals surface area contributed by atoms with Gasteiger partial charge < -0.3 is 9.84 Å². The van der Waals surface area contributed by atoms with Crippen molar-refractivity contribution < 1.29 is 19.4 Å². The van der Waals surface area contributed by atoms with Crippen molar-refractivity contribution in [2.45, 2.75) is 19.4 Å². The van der Waals surface area contributed by atoms with Gasteiger partial charge in [0.25, 0.3) is 0 Å². The lowest BCUT2D eigenvalue weighted by atomic mass is 10.3. The topological polar surface area (TPSA) is 66.8 Å². The number of ether oxygens (including phenoxy) is 1. The fourth-order valence-electron chi connectivity index (χ4n) is 0.752. The van der Waals surface area contributed by atoms with Crippen LogP contribution in [-0.4, -0.2) is 48.7 Å². The predicted octanol–water partition coefficient (Wildman–Crippen LogP) is -0.0456. The molecule has 0 rings (SSSR count). The summed E-state index contributed by atoms with van der Waals surface area (Å²) in [7, 11) is 2.96. The van der Waals surface area contributed by atoms with Gasteiger partial charge in [-0.15, -0.1) is 0 Å². The summed E-state index contributed by atoms with van der Waals surface area (Å²) in [6.45, 7) is 1.96. The van der Waals surface area contributed by atoms with Crippen LogP contribution in [0.1, 0.15) is 13.3 Å². The molecular formula is C8H15NO4. The molecule has 5 nitrogen and oxygen atoms in total. The third kappa shape index (κ3) is 4.47. The van der Waals surface area contributed by atoms with Crippen molar-refractivity contribution in [2.75, 3.05) is 20.7 Å². The van der Waals surface area contributed by atoms with Crippen LogP contribution in [0, 0.1) is 0 Å². The molecule has 76 valence electrons. The molecule has 5 heteroatoms. The van der Waals surface area contributed by atoms with Crippen molar-refractivity contribution in [3.8, 4) is 0 Å². The Bertz CT molecular complexity index is 193. The van der Waals surface area contributed by atoms with Crippen LogP contribution in [0.3, 0.4) is 0 Å². The van der Waals surface area contributed by atoms with E-state index in [0.717, 1.165) is 0 Å². The monoisotopic (exact) mass is 189 g/mol. The summed E-state index contributed by atoms with van der Waals surface area (Å²) in [5, 5.41) is 8.62. The van der Waals surface area contributed by atoms with Gasteiger partial charge in [0.2, 0.25) is 0 Å². The van der Waals surface area contributed by atoms with Crippen molar-refractivity contribution in [3.05, 3.63) is 0 Å². The number of carboxylic acid groups (broad SMARTS) is 1. The zero-order chi connectivity index (χ0) is 10.4. The number of carbonyl (C=O) groups excluding carboxylic acids is 1. The molecule has 1 N–H and O–H groups in total. The number of likely N-dealkylation sites (N-methyl/N-ethyl adjacent to an activating group) is 1. The van der Waals surface area contributed by atoms with E-state index in [0.29, 0.717) is 6.54 Å². The average molecular weight is 189 g/mol. The fourth-order valence-corrected chi connectivity index (χ4v) is 0.752. The SMILES string of the molecule is COC(=O)CCN(C)[C@@H](C)C(=O)O. The molecule has 0 aliphatic carbocycles. The Morgan fingerprint density at radius 1 is 1.54 bits per heavy atom. The maximum atomic E-state index is 10.7. The van der Waals surface area contributed by atoms with Crippen LogP contribution in [0.2, 0.25) is 0 Å². The van der Waals surface area contributed by atoms with Crippen LogP contribution in [0.4, 0.5) is 0 Å². The molecule has 0 bridgehead atoms. The molecule has 0 amide bonds. The Morgan fingerprint density at radius 3 is 2.46 bits per heavy atom. The number of esters is 1. The second-order valence-electron chi connectivity index (χ2n) is 2.82. The molecule has 0 aromatic heterocycles. The van der Waals surface area contributed by atoms with E-state index in [9.17, 15) is 9.59 Å². The first-order chi connectivity index (χ1) is 5.99. The van der Waals surface area contributed by atoms with Gasteiger partial charge in [-0.1, -0.05) is 0 Å². The average Bonchev–Trinajstić information content (AvgIpc) is 2.11. The molecule has 0 aromatic carbocycles. The van der Waals surface area contributed by atoms with Gasteiger partial charge in [-0.3, -0.25) is 14.5 Å². The zero-order valence-electron chi connectivity index (χ0n) is 8.11. The minimum absolute atomic E-state index is 0.213. The Labute approximate surface area is 77.3 Å². The third-order valence-electron chi connectivity index (χ3n) is 1.91. The van der Waals surface area contributed by atoms with E-state index in [1.54, 1.807) is 18.9 Å². The molecule has 0 radical (unpaired) electrons. The van der Waals surface area contributed by atoms with Crippen LogP contribution in [-0.2, 0) is 14.3 Å². The van der Waals surface area contributed by atoms with E-state index in [1.165, 1.54) is 7.11 Å². The van der Waals surface area contributed by atoms with Crippen molar-refractivity contribution in [1.82, 2.24) is 4.90 Å². The van der Waals surface area contributed by atoms with Gasteiger partial charge in [0.1, 0.15) is 6.04 Å². The maximum Gasteiger partial charge on any atom is 0.320 e. The molecule has 0 spiro atoms. The van der Waals surface area contributed by atoms with Gasteiger partial charge in [-0.25, -0.2) is 0 Å². The number of hydrogen-bond acceptors (Lipinski definition) is 4. The standard InChI is InChI=1S/C8H15NO4/c1-6(8(11)12)9(2)5-4-7(10)13-3/h6H,4-5H2,1-3H3,(H,11,12)/t6-/m0/s1. The Hall–Kier alpha value is -1.10. The summed E-state index contributed by atoms with van der Waals surface area (Å²) in [6, 6.07) is -0.579. The number of aliphatic carboxylic acids is 1. The molecule has 1 atom stereocenters. The highest BCUT2D eigenvalue weighted by Gasteiger charge is 2.16. The Kier molecular flexibility index (Phi) is 5.06. The largest absolute Gasteiger partial charge is 0.480 e. The van der Waals surface area contributed by atoms with E-state index >= 15 is 0 Å². The molecule has 0 saturated carbocycles. The van der Waals surface area contributed by atoms with E-state index in [4.69, 9.17) is 5.11 Å². The van der Waals surface area contributed by atoms with Crippen LogP contribution < -0.4 is 0 Å². The van der Waals surface area contributed by atoms with Gasteiger partial charge in [0.15, 0.2) is 0 Å². The maximum absolute atomic E-state index is 10.7. The summed E-state index contributed by atoms with van der Waals surface area (Å²) in [4.78, 5) is 22.8. The quantitative estimate of drug-likeness (QED) is 0.614. The van der Waals surface area contributed by atoms with E-state index < -0.39 is 12.0 Å². The Balaban J connectivity index is 3.80. The van der Waals surface area contributed by atoms with E-state index in [-0.39, 0.29) is 12.4 Å². The first-order valence-electron chi connectivity index (χ1n) is 3.99. The van der Waals surface area contributed by atoms with Gasteiger partial charge >= 0.3 is 11.9 Å². The highest BCUT2D eigenvalue weighted by molar-refractivity contribution is 5.73. The number of rotatable bonds is 5. The minimum atomic E-state index is -0.896. The zero-order valence-corrected chi connectivity index (χ0v) is 8.11. The molecular weight excluding hydrogens is 174 g/mol. The smallest absolute Gasteiger partial charge is 0.320 e. The molecule has 0 aromatic rings. The fraction of sp³-hybridized carbons (Fsp3) is 0.750. The van der Waals surface area contributed by atoms with Gasteiger partial charge in [0, 0.05) is 6.54 Å². The van der Waals surface area contributed by atoms with E-state index in [2.05, 4.69) is 4.74 Å². The number of nitrogens with zero attached hydrogens (tertiary/aromatic N) is 1. The van der Waals surface area contributed by atoms with Crippen LogP contribution in [0.15, 0.2) is 0 Å². The normalized spacial score (nSPS) is 12.6. The van der Waals surface area contributed by atoms with Gasteiger partial charge in [0.05, 0.1) is 13.5 Å². The van der Waals surface area contributed by atoms with Gasteiger partial charge in [-0.2, -0.15) is 0 Å². The van der Waals surface area contributed by atoms with Crippen LogP contribution in [0.25, 0.3) is 0 Å². The number of carboxylic acids is 1. The highest BCUT2D eigenvalue weighted by Crippen LogP contribution is 1.97. The molecule has 0 aliphatic heterocycles. The summed E-state index contributed by atoms with van der Waals surface area (Å²) in [5.74, 6) is -1.23. The highest BCUT2D eigenvalue weighted by atomic mass is 16.5. The minimum Gasteiger partial charge on any atom is -0.480 e. The lowest BCUT2D eigenvalue weighted by Crippen LogP contribution is -2.37. The van der Waals surface area contributed by atoms with Crippen LogP contribution in [0.5, 0.6) is 0 Å². The molecule has 13 heavy (non-hydrogen) atoms. The summed E-state index contributed by atoms with van der Waals surface area (Å²) < 4.78 is 4.43.